The Morgan fingerprint density at radius 3 is 2.39 bits per heavy atom. The van der Waals surface area contributed by atoms with Gasteiger partial charge in [0.1, 0.15) is 6.54 Å². The van der Waals surface area contributed by atoms with Gasteiger partial charge in [-0.05, 0) is 5.56 Å². The van der Waals surface area contributed by atoms with Gasteiger partial charge in [-0.3, -0.25) is 0 Å². The summed E-state index contributed by atoms with van der Waals surface area (Å²) in [5, 5.41) is 13.0. The van der Waals surface area contributed by atoms with E-state index in [1.54, 1.807) is 35.6 Å². The predicted molar refractivity (Wildman–Crippen MR) is 58.9 cm³/mol. The molecule has 0 aromatic heterocycles. The van der Waals surface area contributed by atoms with E-state index in [0.29, 0.717) is 5.56 Å². The van der Waals surface area contributed by atoms with Crippen molar-refractivity contribution < 1.29 is 23.1 Å². The zero-order valence-corrected chi connectivity index (χ0v) is 9.37. The Hall–Kier alpha value is -1.76. The molecule has 4 nitrogen and oxygen atoms in total. The fraction of sp³-hybridized carbons (Fsp3) is 0.364. The monoisotopic (exact) mass is 262 g/mol. The Kier molecular flexibility index (Phi) is 4.96. The maximum Gasteiger partial charge on any atom is 0.405 e. The Morgan fingerprint density at radius 2 is 1.89 bits per heavy atom. The number of alkyl halides is 3. The molecule has 7 heteroatoms. The standard InChI is InChI=1S/C11H13F3N2O2/c12-11(13,14)7-15-10(18)16-9(6-17)8-4-2-1-3-5-8/h1-5,9,17H,6-7H2,(H2,15,16,18)/t9-/m0/s1. The number of halogens is 3. The molecule has 0 radical (unpaired) electrons. The maximum atomic E-state index is 11.9. The van der Waals surface area contributed by atoms with E-state index in [1.807, 2.05) is 0 Å². The largest absolute Gasteiger partial charge is 0.405 e. The number of aliphatic hydroxyl groups excluding tert-OH is 1. The quantitative estimate of drug-likeness (QED) is 0.771. The number of carbonyl (C=O) groups excluding carboxylic acids is 1. The van der Waals surface area contributed by atoms with E-state index < -0.39 is 31.4 Å². The highest BCUT2D eigenvalue weighted by atomic mass is 19.4. The predicted octanol–water partition coefficient (Wildman–Crippen LogP) is 1.58. The van der Waals surface area contributed by atoms with Crippen LogP contribution in [0, 0.1) is 0 Å². The molecule has 0 heterocycles. The van der Waals surface area contributed by atoms with Crippen LogP contribution >= 0.6 is 0 Å². The summed E-state index contributed by atoms with van der Waals surface area (Å²) in [6.07, 6.45) is -4.46. The Bertz CT molecular complexity index is 382. The molecule has 0 unspecified atom stereocenters. The van der Waals surface area contributed by atoms with Gasteiger partial charge in [0.15, 0.2) is 0 Å². The van der Waals surface area contributed by atoms with Crippen molar-refractivity contribution in [3.8, 4) is 0 Å². The van der Waals surface area contributed by atoms with Crippen LogP contribution in [-0.4, -0.2) is 30.5 Å². The van der Waals surface area contributed by atoms with Crippen molar-refractivity contribution in [1.29, 1.82) is 0 Å². The number of hydrogen-bond donors (Lipinski definition) is 3. The highest BCUT2D eigenvalue weighted by molar-refractivity contribution is 5.74. The lowest BCUT2D eigenvalue weighted by Gasteiger charge is -2.17. The van der Waals surface area contributed by atoms with Crippen molar-refractivity contribution in [2.75, 3.05) is 13.2 Å². The molecule has 0 aliphatic carbocycles. The molecular weight excluding hydrogens is 249 g/mol. The molecule has 0 aliphatic heterocycles. The molecule has 18 heavy (non-hydrogen) atoms. The lowest BCUT2D eigenvalue weighted by molar-refractivity contribution is -0.122. The summed E-state index contributed by atoms with van der Waals surface area (Å²) in [7, 11) is 0. The number of amides is 2. The van der Waals surface area contributed by atoms with E-state index in [-0.39, 0.29) is 0 Å². The maximum absolute atomic E-state index is 11.9. The van der Waals surface area contributed by atoms with E-state index in [9.17, 15) is 18.0 Å². The lowest BCUT2D eigenvalue weighted by atomic mass is 10.1. The number of aliphatic hydroxyl groups is 1. The highest BCUT2D eigenvalue weighted by Gasteiger charge is 2.28. The molecule has 0 saturated heterocycles. The zero-order chi connectivity index (χ0) is 13.6. The number of benzene rings is 1. The van der Waals surface area contributed by atoms with Crippen LogP contribution in [0.2, 0.25) is 0 Å². The van der Waals surface area contributed by atoms with Crippen molar-refractivity contribution in [2.45, 2.75) is 12.2 Å². The molecule has 2 amide bonds. The van der Waals surface area contributed by atoms with Gasteiger partial charge in [0.05, 0.1) is 12.6 Å². The molecule has 1 aromatic rings. The van der Waals surface area contributed by atoms with Gasteiger partial charge >= 0.3 is 12.2 Å². The van der Waals surface area contributed by atoms with Gasteiger partial charge in [-0.1, -0.05) is 30.3 Å². The third kappa shape index (κ3) is 5.05. The van der Waals surface area contributed by atoms with Gasteiger partial charge in [0.25, 0.3) is 0 Å². The number of urea groups is 1. The molecular formula is C11H13F3N2O2. The second-order valence-electron chi connectivity index (χ2n) is 3.59. The number of rotatable bonds is 4. The average molecular weight is 262 g/mol. The normalized spacial score (nSPS) is 12.9. The summed E-state index contributed by atoms with van der Waals surface area (Å²) in [4.78, 5) is 11.2. The zero-order valence-electron chi connectivity index (χ0n) is 9.37. The Labute approximate surface area is 102 Å². The average Bonchev–Trinajstić information content (AvgIpc) is 2.33. The van der Waals surface area contributed by atoms with Gasteiger partial charge in [-0.15, -0.1) is 0 Å². The number of hydrogen-bond acceptors (Lipinski definition) is 2. The van der Waals surface area contributed by atoms with Crippen LogP contribution in [0.5, 0.6) is 0 Å². The lowest BCUT2D eigenvalue weighted by Crippen LogP contribution is -2.43. The fourth-order valence-electron chi connectivity index (χ4n) is 1.31. The number of carbonyl (C=O) groups is 1. The van der Waals surface area contributed by atoms with Crippen LogP contribution in [0.4, 0.5) is 18.0 Å². The second-order valence-corrected chi connectivity index (χ2v) is 3.59. The minimum atomic E-state index is -4.46. The first-order chi connectivity index (χ1) is 8.42. The third-order valence-corrected chi connectivity index (χ3v) is 2.14. The first kappa shape index (κ1) is 14.3. The minimum absolute atomic E-state index is 0.399. The first-order valence-electron chi connectivity index (χ1n) is 5.19. The van der Waals surface area contributed by atoms with Gasteiger partial charge < -0.3 is 15.7 Å². The van der Waals surface area contributed by atoms with Crippen LogP contribution < -0.4 is 10.6 Å². The molecule has 0 spiro atoms. The Morgan fingerprint density at radius 1 is 1.28 bits per heavy atom. The van der Waals surface area contributed by atoms with Gasteiger partial charge in [0, 0.05) is 0 Å². The smallest absolute Gasteiger partial charge is 0.394 e. The molecule has 1 atom stereocenters. The molecule has 100 valence electrons. The topological polar surface area (TPSA) is 61.4 Å². The summed E-state index contributed by atoms with van der Waals surface area (Å²) in [5.41, 5.74) is 0.613. The van der Waals surface area contributed by atoms with Crippen LogP contribution in [0.3, 0.4) is 0 Å². The molecule has 0 fully saturated rings. The summed E-state index contributed by atoms with van der Waals surface area (Å²) < 4.78 is 35.6. The SMILES string of the molecule is O=C(NCC(F)(F)F)N[C@@H](CO)c1ccccc1. The molecule has 0 aliphatic rings. The van der Waals surface area contributed by atoms with Crippen LogP contribution in [0.25, 0.3) is 0 Å². The third-order valence-electron chi connectivity index (χ3n) is 2.14. The highest BCUT2D eigenvalue weighted by Crippen LogP contribution is 2.13. The van der Waals surface area contributed by atoms with Crippen molar-refractivity contribution >= 4 is 6.03 Å². The van der Waals surface area contributed by atoms with E-state index in [0.717, 1.165) is 0 Å². The van der Waals surface area contributed by atoms with E-state index >= 15 is 0 Å². The van der Waals surface area contributed by atoms with Crippen LogP contribution in [0.15, 0.2) is 30.3 Å². The minimum Gasteiger partial charge on any atom is -0.394 e. The van der Waals surface area contributed by atoms with E-state index in [1.165, 1.54) is 0 Å². The van der Waals surface area contributed by atoms with Crippen molar-refractivity contribution in [3.63, 3.8) is 0 Å². The second kappa shape index (κ2) is 6.25. The van der Waals surface area contributed by atoms with E-state index in [2.05, 4.69) is 5.32 Å². The van der Waals surface area contributed by atoms with E-state index in [4.69, 9.17) is 5.11 Å². The summed E-state index contributed by atoms with van der Waals surface area (Å²) in [5.74, 6) is 0. The molecule has 0 bridgehead atoms. The fourth-order valence-corrected chi connectivity index (χ4v) is 1.31. The Balaban J connectivity index is 2.51. The van der Waals surface area contributed by atoms with Crippen LogP contribution in [0.1, 0.15) is 11.6 Å². The van der Waals surface area contributed by atoms with Crippen molar-refractivity contribution in [2.24, 2.45) is 0 Å². The summed E-state index contributed by atoms with van der Waals surface area (Å²) in [6, 6.07) is 6.76. The molecule has 0 saturated carbocycles. The molecule has 1 rings (SSSR count). The van der Waals surface area contributed by atoms with Crippen LogP contribution in [-0.2, 0) is 0 Å². The van der Waals surface area contributed by atoms with Crippen molar-refractivity contribution in [3.05, 3.63) is 35.9 Å². The van der Waals surface area contributed by atoms with Gasteiger partial charge in [0.2, 0.25) is 0 Å². The van der Waals surface area contributed by atoms with Crippen molar-refractivity contribution in [1.82, 2.24) is 10.6 Å². The van der Waals surface area contributed by atoms with Gasteiger partial charge in [-0.2, -0.15) is 13.2 Å². The molecule has 3 N–H and O–H groups in total. The summed E-state index contributed by atoms with van der Waals surface area (Å²) in [6.45, 7) is -1.81. The first-order valence-corrected chi connectivity index (χ1v) is 5.19. The molecule has 1 aromatic carbocycles. The van der Waals surface area contributed by atoms with Gasteiger partial charge in [-0.25, -0.2) is 4.79 Å². The summed E-state index contributed by atoms with van der Waals surface area (Å²) >= 11 is 0. The number of nitrogens with one attached hydrogen (secondary N) is 2.